The SMILES string of the molecule is NNC(=O)c1ccc(COc2c(Br)cc(Br)cc2Br)cc1. The predicted molar refractivity (Wildman–Crippen MR) is 92.0 cm³/mol. The second-order valence-corrected chi connectivity index (χ2v) is 6.78. The van der Waals surface area contributed by atoms with Gasteiger partial charge in [-0.15, -0.1) is 0 Å². The van der Waals surface area contributed by atoms with E-state index in [1.807, 2.05) is 24.3 Å². The van der Waals surface area contributed by atoms with Crippen LogP contribution in [0.3, 0.4) is 0 Å². The van der Waals surface area contributed by atoms with Crippen LogP contribution in [0.5, 0.6) is 5.75 Å². The van der Waals surface area contributed by atoms with Crippen LogP contribution in [0.2, 0.25) is 0 Å². The van der Waals surface area contributed by atoms with Gasteiger partial charge in [0.1, 0.15) is 12.4 Å². The molecule has 0 fully saturated rings. The normalized spacial score (nSPS) is 10.3. The fourth-order valence-electron chi connectivity index (χ4n) is 1.66. The number of benzene rings is 2. The van der Waals surface area contributed by atoms with E-state index in [9.17, 15) is 4.79 Å². The van der Waals surface area contributed by atoms with Crippen LogP contribution in [-0.2, 0) is 6.61 Å². The second-order valence-electron chi connectivity index (χ2n) is 4.16. The Balaban J connectivity index is 2.08. The molecular formula is C14H11Br3N2O2. The van der Waals surface area contributed by atoms with Crippen molar-refractivity contribution in [2.75, 3.05) is 0 Å². The van der Waals surface area contributed by atoms with Gasteiger partial charge in [-0.05, 0) is 61.7 Å². The van der Waals surface area contributed by atoms with E-state index in [4.69, 9.17) is 10.6 Å². The molecule has 7 heteroatoms. The highest BCUT2D eigenvalue weighted by atomic mass is 79.9. The number of nitrogen functional groups attached to an aromatic ring is 1. The van der Waals surface area contributed by atoms with E-state index in [-0.39, 0.29) is 5.91 Å². The van der Waals surface area contributed by atoms with E-state index in [0.717, 1.165) is 24.7 Å². The Morgan fingerprint density at radius 1 is 1.10 bits per heavy atom. The van der Waals surface area contributed by atoms with Crippen LogP contribution < -0.4 is 16.0 Å². The number of carbonyl (C=O) groups excluding carboxylic acids is 1. The molecule has 2 aromatic carbocycles. The zero-order valence-corrected chi connectivity index (χ0v) is 15.5. The molecule has 0 radical (unpaired) electrons. The summed E-state index contributed by atoms with van der Waals surface area (Å²) < 4.78 is 8.45. The van der Waals surface area contributed by atoms with E-state index in [0.29, 0.717) is 12.2 Å². The van der Waals surface area contributed by atoms with Crippen LogP contribution in [0.25, 0.3) is 0 Å². The maximum Gasteiger partial charge on any atom is 0.265 e. The third-order valence-electron chi connectivity index (χ3n) is 2.69. The predicted octanol–water partition coefficient (Wildman–Crippen LogP) is 4.16. The minimum absolute atomic E-state index is 0.319. The third kappa shape index (κ3) is 4.29. The van der Waals surface area contributed by atoms with Crippen LogP contribution in [0.15, 0.2) is 49.8 Å². The molecule has 0 aromatic heterocycles. The number of hydrogen-bond acceptors (Lipinski definition) is 3. The fourth-order valence-corrected chi connectivity index (χ4v) is 4.15. The van der Waals surface area contributed by atoms with Crippen molar-refractivity contribution in [3.8, 4) is 5.75 Å². The van der Waals surface area contributed by atoms with E-state index >= 15 is 0 Å². The van der Waals surface area contributed by atoms with Crippen LogP contribution in [0, 0.1) is 0 Å². The van der Waals surface area contributed by atoms with E-state index in [1.165, 1.54) is 0 Å². The Morgan fingerprint density at radius 2 is 1.67 bits per heavy atom. The Labute approximate surface area is 147 Å². The van der Waals surface area contributed by atoms with Crippen LogP contribution >= 0.6 is 47.8 Å². The molecule has 1 amide bonds. The van der Waals surface area contributed by atoms with E-state index in [1.54, 1.807) is 12.1 Å². The molecule has 0 aliphatic rings. The molecule has 0 aliphatic carbocycles. The van der Waals surface area contributed by atoms with Gasteiger partial charge in [0.2, 0.25) is 0 Å². The van der Waals surface area contributed by atoms with Crippen molar-refractivity contribution in [1.29, 1.82) is 0 Å². The lowest BCUT2D eigenvalue weighted by molar-refractivity contribution is 0.0953. The summed E-state index contributed by atoms with van der Waals surface area (Å²) in [4.78, 5) is 11.3. The molecule has 0 spiro atoms. The molecule has 0 heterocycles. The van der Waals surface area contributed by atoms with Gasteiger partial charge in [0, 0.05) is 10.0 Å². The number of hydrazine groups is 1. The number of nitrogens with one attached hydrogen (secondary N) is 1. The van der Waals surface area contributed by atoms with Crippen molar-refractivity contribution in [2.24, 2.45) is 5.84 Å². The Morgan fingerprint density at radius 3 is 2.19 bits per heavy atom. The molecule has 0 saturated carbocycles. The maximum absolute atomic E-state index is 11.3. The molecule has 2 rings (SSSR count). The number of rotatable bonds is 4. The number of amides is 1. The summed E-state index contributed by atoms with van der Waals surface area (Å²) in [6.07, 6.45) is 0. The van der Waals surface area contributed by atoms with Crippen molar-refractivity contribution < 1.29 is 9.53 Å². The van der Waals surface area contributed by atoms with Gasteiger partial charge in [-0.3, -0.25) is 10.2 Å². The molecule has 21 heavy (non-hydrogen) atoms. The lowest BCUT2D eigenvalue weighted by Gasteiger charge is -2.11. The number of nitrogens with two attached hydrogens (primary N) is 1. The van der Waals surface area contributed by atoms with Gasteiger partial charge in [-0.25, -0.2) is 5.84 Å². The topological polar surface area (TPSA) is 64.3 Å². The van der Waals surface area contributed by atoms with Gasteiger partial charge in [-0.2, -0.15) is 0 Å². The molecule has 0 aliphatic heterocycles. The van der Waals surface area contributed by atoms with Gasteiger partial charge in [-0.1, -0.05) is 28.1 Å². The molecular weight excluding hydrogens is 468 g/mol. The summed E-state index contributed by atoms with van der Waals surface area (Å²) >= 11 is 10.3. The van der Waals surface area contributed by atoms with Gasteiger partial charge in [0.15, 0.2) is 0 Å². The van der Waals surface area contributed by atoms with Crippen molar-refractivity contribution in [3.05, 3.63) is 60.9 Å². The fraction of sp³-hybridized carbons (Fsp3) is 0.0714. The number of halogens is 3. The zero-order chi connectivity index (χ0) is 15.4. The number of carbonyl (C=O) groups is 1. The largest absolute Gasteiger partial charge is 0.487 e. The van der Waals surface area contributed by atoms with Crippen LogP contribution in [0.4, 0.5) is 0 Å². The first-order chi connectivity index (χ1) is 10.0. The van der Waals surface area contributed by atoms with Gasteiger partial charge in [0.25, 0.3) is 5.91 Å². The first kappa shape index (κ1) is 16.5. The van der Waals surface area contributed by atoms with E-state index < -0.39 is 0 Å². The highest BCUT2D eigenvalue weighted by Gasteiger charge is 2.09. The van der Waals surface area contributed by atoms with Crippen molar-refractivity contribution >= 4 is 53.7 Å². The quantitative estimate of drug-likeness (QED) is 0.394. The Hall–Kier alpha value is -0.890. The van der Waals surface area contributed by atoms with E-state index in [2.05, 4.69) is 53.2 Å². The summed E-state index contributed by atoms with van der Waals surface area (Å²) in [5.74, 6) is 5.49. The molecule has 0 bridgehead atoms. The van der Waals surface area contributed by atoms with Gasteiger partial charge < -0.3 is 4.74 Å². The first-order valence-corrected chi connectivity index (χ1v) is 8.26. The monoisotopic (exact) mass is 476 g/mol. The number of hydrogen-bond donors (Lipinski definition) is 2. The van der Waals surface area contributed by atoms with Crippen molar-refractivity contribution in [1.82, 2.24) is 5.43 Å². The summed E-state index contributed by atoms with van der Waals surface area (Å²) in [6.45, 7) is 0.392. The summed E-state index contributed by atoms with van der Waals surface area (Å²) in [5, 5.41) is 0. The lowest BCUT2D eigenvalue weighted by Crippen LogP contribution is -2.29. The van der Waals surface area contributed by atoms with Crippen molar-refractivity contribution in [2.45, 2.75) is 6.61 Å². The Kier molecular flexibility index (Phi) is 5.80. The minimum atomic E-state index is -0.319. The summed E-state index contributed by atoms with van der Waals surface area (Å²) in [6, 6.07) is 10.9. The zero-order valence-electron chi connectivity index (χ0n) is 10.7. The first-order valence-electron chi connectivity index (χ1n) is 5.88. The Bertz CT molecular complexity index is 637. The smallest absolute Gasteiger partial charge is 0.265 e. The molecule has 0 unspecified atom stereocenters. The number of ether oxygens (including phenoxy) is 1. The van der Waals surface area contributed by atoms with Crippen LogP contribution in [-0.4, -0.2) is 5.91 Å². The molecule has 0 saturated heterocycles. The standard InChI is InChI=1S/C14H11Br3N2O2/c15-10-5-11(16)13(12(17)6-10)21-7-8-1-3-9(4-2-8)14(20)19-18/h1-6H,7,18H2,(H,19,20). The van der Waals surface area contributed by atoms with Crippen LogP contribution in [0.1, 0.15) is 15.9 Å². The molecule has 0 atom stereocenters. The minimum Gasteiger partial charge on any atom is -0.487 e. The molecule has 4 nitrogen and oxygen atoms in total. The third-order valence-corrected chi connectivity index (χ3v) is 4.33. The summed E-state index contributed by atoms with van der Waals surface area (Å²) in [7, 11) is 0. The molecule has 3 N–H and O–H groups in total. The molecule has 110 valence electrons. The second kappa shape index (κ2) is 7.40. The lowest BCUT2D eigenvalue weighted by atomic mass is 10.1. The highest BCUT2D eigenvalue weighted by molar-refractivity contribution is 9.11. The summed E-state index contributed by atoms with van der Waals surface area (Å²) in [5.41, 5.74) is 3.55. The highest BCUT2D eigenvalue weighted by Crippen LogP contribution is 2.36. The van der Waals surface area contributed by atoms with Crippen molar-refractivity contribution in [3.63, 3.8) is 0 Å². The molecule has 2 aromatic rings. The maximum atomic E-state index is 11.3. The average molecular weight is 479 g/mol. The van der Waals surface area contributed by atoms with Gasteiger partial charge in [0.05, 0.1) is 8.95 Å². The van der Waals surface area contributed by atoms with Gasteiger partial charge >= 0.3 is 0 Å². The average Bonchev–Trinajstić information content (AvgIpc) is 2.46.